The molecular formula is C20H28N2O2. The van der Waals surface area contributed by atoms with Gasteiger partial charge in [0.15, 0.2) is 0 Å². The first-order valence-electron chi connectivity index (χ1n) is 9.40. The zero-order valence-corrected chi connectivity index (χ0v) is 14.6. The van der Waals surface area contributed by atoms with E-state index in [9.17, 15) is 4.79 Å². The number of methoxy groups -OCH3 is 1. The van der Waals surface area contributed by atoms with Gasteiger partial charge in [-0.3, -0.25) is 4.79 Å². The predicted octanol–water partition coefficient (Wildman–Crippen LogP) is 3.17. The molecule has 4 nitrogen and oxygen atoms in total. The SMILES string of the molecule is COc1ccccc1N1CCN(C(=O)C[C@@H]2C[C@H]3CC[C@@H]2C3)CC1. The molecule has 1 saturated heterocycles. The van der Waals surface area contributed by atoms with Crippen molar-refractivity contribution in [3.8, 4) is 5.75 Å². The van der Waals surface area contributed by atoms with Crippen molar-refractivity contribution in [3.63, 3.8) is 0 Å². The summed E-state index contributed by atoms with van der Waals surface area (Å²) in [4.78, 5) is 17.1. The van der Waals surface area contributed by atoms with Gasteiger partial charge in [-0.15, -0.1) is 0 Å². The molecular weight excluding hydrogens is 300 g/mol. The molecule has 4 rings (SSSR count). The monoisotopic (exact) mass is 328 g/mol. The fraction of sp³-hybridized carbons (Fsp3) is 0.650. The first kappa shape index (κ1) is 15.8. The second-order valence-electron chi connectivity index (χ2n) is 7.68. The van der Waals surface area contributed by atoms with Gasteiger partial charge in [0.2, 0.25) is 5.91 Å². The Hall–Kier alpha value is -1.71. The maximum Gasteiger partial charge on any atom is 0.222 e. The summed E-state index contributed by atoms with van der Waals surface area (Å²) < 4.78 is 5.47. The zero-order valence-electron chi connectivity index (χ0n) is 14.6. The number of ether oxygens (including phenoxy) is 1. The Morgan fingerprint density at radius 1 is 1.12 bits per heavy atom. The third-order valence-corrected chi connectivity index (χ3v) is 6.38. The van der Waals surface area contributed by atoms with Crippen LogP contribution in [0.3, 0.4) is 0 Å². The summed E-state index contributed by atoms with van der Waals surface area (Å²) in [6.45, 7) is 3.45. The van der Waals surface area contributed by atoms with Crippen molar-refractivity contribution in [3.05, 3.63) is 24.3 Å². The predicted molar refractivity (Wildman–Crippen MR) is 95.3 cm³/mol. The van der Waals surface area contributed by atoms with Gasteiger partial charge in [0, 0.05) is 32.6 Å². The van der Waals surface area contributed by atoms with Gasteiger partial charge in [0.05, 0.1) is 12.8 Å². The van der Waals surface area contributed by atoms with E-state index >= 15 is 0 Å². The molecule has 1 amide bonds. The minimum atomic E-state index is 0.382. The molecule has 2 bridgehead atoms. The molecule has 3 atom stereocenters. The van der Waals surface area contributed by atoms with E-state index in [1.807, 2.05) is 18.2 Å². The van der Waals surface area contributed by atoms with E-state index in [1.54, 1.807) is 7.11 Å². The molecule has 1 heterocycles. The molecule has 0 N–H and O–H groups in total. The van der Waals surface area contributed by atoms with Crippen LogP contribution in [0.2, 0.25) is 0 Å². The van der Waals surface area contributed by atoms with Crippen LogP contribution < -0.4 is 9.64 Å². The number of hydrogen-bond donors (Lipinski definition) is 0. The number of para-hydroxylation sites is 2. The lowest BCUT2D eigenvalue weighted by molar-refractivity contribution is -0.132. The van der Waals surface area contributed by atoms with Crippen LogP contribution in [0.25, 0.3) is 0 Å². The summed E-state index contributed by atoms with van der Waals surface area (Å²) in [5, 5.41) is 0. The Morgan fingerprint density at radius 2 is 1.92 bits per heavy atom. The molecule has 24 heavy (non-hydrogen) atoms. The minimum absolute atomic E-state index is 0.382. The van der Waals surface area contributed by atoms with E-state index in [-0.39, 0.29) is 0 Å². The molecule has 3 aliphatic rings. The van der Waals surface area contributed by atoms with E-state index in [4.69, 9.17) is 4.74 Å². The zero-order chi connectivity index (χ0) is 16.5. The summed E-state index contributed by atoms with van der Waals surface area (Å²) in [7, 11) is 1.72. The smallest absolute Gasteiger partial charge is 0.222 e. The van der Waals surface area contributed by atoms with Crippen LogP contribution in [-0.4, -0.2) is 44.1 Å². The fourth-order valence-corrected chi connectivity index (χ4v) is 5.07. The van der Waals surface area contributed by atoms with Crippen molar-refractivity contribution in [2.75, 3.05) is 38.2 Å². The largest absolute Gasteiger partial charge is 0.495 e. The molecule has 3 fully saturated rings. The van der Waals surface area contributed by atoms with Crippen LogP contribution in [0.5, 0.6) is 5.75 Å². The van der Waals surface area contributed by atoms with E-state index in [1.165, 1.54) is 25.7 Å². The van der Waals surface area contributed by atoms with Gasteiger partial charge in [0.25, 0.3) is 0 Å². The van der Waals surface area contributed by atoms with Crippen molar-refractivity contribution in [1.29, 1.82) is 0 Å². The molecule has 0 radical (unpaired) electrons. The Labute approximate surface area is 144 Å². The molecule has 2 aliphatic carbocycles. The van der Waals surface area contributed by atoms with Gasteiger partial charge < -0.3 is 14.5 Å². The minimum Gasteiger partial charge on any atom is -0.495 e. The lowest BCUT2D eigenvalue weighted by Crippen LogP contribution is -2.49. The maximum absolute atomic E-state index is 12.7. The molecule has 1 aliphatic heterocycles. The molecule has 2 saturated carbocycles. The molecule has 0 spiro atoms. The average molecular weight is 328 g/mol. The maximum atomic E-state index is 12.7. The average Bonchev–Trinajstić information content (AvgIpc) is 3.25. The number of benzene rings is 1. The number of rotatable bonds is 4. The van der Waals surface area contributed by atoms with E-state index in [2.05, 4.69) is 15.9 Å². The Morgan fingerprint density at radius 3 is 2.58 bits per heavy atom. The van der Waals surface area contributed by atoms with Crippen LogP contribution in [0.4, 0.5) is 5.69 Å². The van der Waals surface area contributed by atoms with Crippen LogP contribution in [0.15, 0.2) is 24.3 Å². The summed E-state index contributed by atoms with van der Waals surface area (Å²) in [5.74, 6) is 3.74. The third kappa shape index (κ3) is 2.99. The quantitative estimate of drug-likeness (QED) is 0.851. The molecule has 0 unspecified atom stereocenters. The van der Waals surface area contributed by atoms with Crippen LogP contribution in [-0.2, 0) is 4.79 Å². The summed E-state index contributed by atoms with van der Waals surface area (Å²) >= 11 is 0. The number of amides is 1. The second kappa shape index (κ2) is 6.66. The van der Waals surface area contributed by atoms with Gasteiger partial charge in [-0.2, -0.15) is 0 Å². The van der Waals surface area contributed by atoms with Crippen LogP contribution >= 0.6 is 0 Å². The summed E-state index contributed by atoms with van der Waals surface area (Å²) in [6, 6.07) is 8.15. The van der Waals surface area contributed by atoms with Crippen molar-refractivity contribution in [2.24, 2.45) is 17.8 Å². The summed E-state index contributed by atoms with van der Waals surface area (Å²) in [6.07, 6.45) is 6.25. The number of nitrogens with zero attached hydrogens (tertiary/aromatic N) is 2. The molecule has 1 aromatic rings. The fourth-order valence-electron chi connectivity index (χ4n) is 5.07. The van der Waals surface area contributed by atoms with E-state index < -0.39 is 0 Å². The number of carbonyl (C=O) groups is 1. The Kier molecular flexibility index (Phi) is 4.38. The summed E-state index contributed by atoms with van der Waals surface area (Å²) in [5.41, 5.74) is 1.14. The highest BCUT2D eigenvalue weighted by atomic mass is 16.5. The van der Waals surface area contributed by atoms with Crippen molar-refractivity contribution in [1.82, 2.24) is 4.90 Å². The van der Waals surface area contributed by atoms with Crippen molar-refractivity contribution < 1.29 is 9.53 Å². The first-order chi connectivity index (χ1) is 11.7. The second-order valence-corrected chi connectivity index (χ2v) is 7.68. The third-order valence-electron chi connectivity index (χ3n) is 6.38. The van der Waals surface area contributed by atoms with Gasteiger partial charge in [-0.1, -0.05) is 18.6 Å². The standard InChI is InChI=1S/C20H28N2O2/c1-24-19-5-3-2-4-18(19)21-8-10-22(11-9-21)20(23)14-17-13-15-6-7-16(17)12-15/h2-5,15-17H,6-14H2,1H3/t15-,16+,17-/m0/s1. The molecule has 130 valence electrons. The first-order valence-corrected chi connectivity index (χ1v) is 9.40. The number of hydrogen-bond acceptors (Lipinski definition) is 3. The number of anilines is 1. The number of fused-ring (bicyclic) bond motifs is 2. The van der Waals surface area contributed by atoms with Gasteiger partial charge in [-0.25, -0.2) is 0 Å². The normalized spacial score (nSPS) is 29.1. The molecule has 4 heteroatoms. The van der Waals surface area contributed by atoms with Crippen LogP contribution in [0, 0.1) is 17.8 Å². The lowest BCUT2D eigenvalue weighted by Gasteiger charge is -2.37. The van der Waals surface area contributed by atoms with Gasteiger partial charge in [0.1, 0.15) is 5.75 Å². The Balaban J connectivity index is 1.32. The highest BCUT2D eigenvalue weighted by molar-refractivity contribution is 5.77. The number of carbonyl (C=O) groups excluding carboxylic acids is 1. The highest BCUT2D eigenvalue weighted by Gasteiger charge is 2.40. The van der Waals surface area contributed by atoms with Crippen molar-refractivity contribution >= 4 is 11.6 Å². The van der Waals surface area contributed by atoms with Crippen molar-refractivity contribution in [2.45, 2.75) is 32.1 Å². The van der Waals surface area contributed by atoms with Crippen LogP contribution in [0.1, 0.15) is 32.1 Å². The topological polar surface area (TPSA) is 32.8 Å². The van der Waals surface area contributed by atoms with E-state index in [0.717, 1.165) is 55.9 Å². The molecule has 0 aromatic heterocycles. The lowest BCUT2D eigenvalue weighted by atomic mass is 9.86. The molecule has 1 aromatic carbocycles. The van der Waals surface area contributed by atoms with E-state index in [0.29, 0.717) is 11.8 Å². The van der Waals surface area contributed by atoms with Gasteiger partial charge >= 0.3 is 0 Å². The van der Waals surface area contributed by atoms with Gasteiger partial charge in [-0.05, 0) is 49.1 Å². The Bertz CT molecular complexity index is 595. The number of piperazine rings is 1. The highest BCUT2D eigenvalue weighted by Crippen LogP contribution is 2.49.